The molecule has 0 radical (unpaired) electrons. The number of rotatable bonds is 3. The summed E-state index contributed by atoms with van der Waals surface area (Å²) in [6.45, 7) is 6.09. The van der Waals surface area contributed by atoms with E-state index in [2.05, 4.69) is 20.4 Å². The van der Waals surface area contributed by atoms with E-state index in [1.54, 1.807) is 11.8 Å². The van der Waals surface area contributed by atoms with Gasteiger partial charge in [-0.25, -0.2) is 0 Å². The second-order valence-corrected chi connectivity index (χ2v) is 6.51. The average molecular weight is 300 g/mol. The Balaban J connectivity index is 1.67. The third-order valence-electron chi connectivity index (χ3n) is 3.87. The molecular weight excluding hydrogens is 280 g/mol. The van der Waals surface area contributed by atoms with Crippen molar-refractivity contribution in [3.63, 3.8) is 0 Å². The summed E-state index contributed by atoms with van der Waals surface area (Å²) in [4.78, 5) is 6.15. The molecule has 2 N–H and O–H groups in total. The van der Waals surface area contributed by atoms with Crippen LogP contribution in [0.1, 0.15) is 6.42 Å². The lowest BCUT2D eigenvalue weighted by Gasteiger charge is -2.32. The summed E-state index contributed by atoms with van der Waals surface area (Å²) >= 11 is 3.23. The van der Waals surface area contributed by atoms with E-state index < -0.39 is 0 Å². The zero-order valence-corrected chi connectivity index (χ0v) is 12.8. The molecule has 106 valence electrons. The Labute approximate surface area is 122 Å². The maximum absolute atomic E-state index is 5.92. The monoisotopic (exact) mass is 300 g/mol. The van der Waals surface area contributed by atoms with Gasteiger partial charge < -0.3 is 15.4 Å². The number of nitrogens with zero attached hydrogens (tertiary/aromatic N) is 3. The first-order valence-corrected chi connectivity index (χ1v) is 8.65. The summed E-state index contributed by atoms with van der Waals surface area (Å²) in [5, 5.41) is 1.25. The molecule has 1 aromatic rings. The van der Waals surface area contributed by atoms with Gasteiger partial charge in [0.1, 0.15) is 5.00 Å². The van der Waals surface area contributed by atoms with Crippen LogP contribution >= 0.6 is 23.3 Å². The minimum atomic E-state index is 0.655. The molecule has 2 fully saturated rings. The Kier molecular flexibility index (Phi) is 4.16. The number of anilines is 2. The average Bonchev–Trinajstić information content (AvgIpc) is 3.06. The number of ether oxygens (including phenoxy) is 1. The van der Waals surface area contributed by atoms with Gasteiger partial charge in [0.15, 0.2) is 5.82 Å². The van der Waals surface area contributed by atoms with Crippen LogP contribution in [0, 0.1) is 0 Å². The van der Waals surface area contributed by atoms with Gasteiger partial charge >= 0.3 is 0 Å². The molecule has 0 aromatic carbocycles. The SMILES string of the molecule is CSc1c(N)nsc1N1CCC(N2CCOCC2)C1. The van der Waals surface area contributed by atoms with Crippen LogP contribution in [0.5, 0.6) is 0 Å². The van der Waals surface area contributed by atoms with Crippen LogP contribution in [0.15, 0.2) is 4.90 Å². The first-order valence-electron chi connectivity index (χ1n) is 6.65. The van der Waals surface area contributed by atoms with Crippen molar-refractivity contribution in [2.45, 2.75) is 17.4 Å². The molecule has 0 spiro atoms. The van der Waals surface area contributed by atoms with Crippen LogP contribution in [-0.2, 0) is 4.74 Å². The molecule has 19 heavy (non-hydrogen) atoms. The van der Waals surface area contributed by atoms with Crippen molar-refractivity contribution in [3.05, 3.63) is 0 Å². The molecule has 2 aliphatic heterocycles. The Hall–Kier alpha value is -0.500. The number of nitrogen functional groups attached to an aromatic ring is 1. The largest absolute Gasteiger partial charge is 0.382 e. The minimum Gasteiger partial charge on any atom is -0.382 e. The highest BCUT2D eigenvalue weighted by Gasteiger charge is 2.31. The highest BCUT2D eigenvalue weighted by atomic mass is 32.2. The molecule has 1 atom stereocenters. The molecule has 1 aromatic heterocycles. The fraction of sp³-hybridized carbons (Fsp3) is 0.750. The van der Waals surface area contributed by atoms with Crippen LogP contribution in [0.4, 0.5) is 10.8 Å². The van der Waals surface area contributed by atoms with Crippen LogP contribution < -0.4 is 10.6 Å². The lowest BCUT2D eigenvalue weighted by atomic mass is 10.2. The normalized spacial score (nSPS) is 25.1. The van der Waals surface area contributed by atoms with Crippen molar-refractivity contribution < 1.29 is 4.74 Å². The van der Waals surface area contributed by atoms with Crippen LogP contribution in [0.2, 0.25) is 0 Å². The van der Waals surface area contributed by atoms with E-state index in [0.29, 0.717) is 11.9 Å². The van der Waals surface area contributed by atoms with Gasteiger partial charge in [-0.1, -0.05) is 0 Å². The van der Waals surface area contributed by atoms with Crippen molar-refractivity contribution in [1.29, 1.82) is 0 Å². The molecule has 7 heteroatoms. The molecule has 1 unspecified atom stereocenters. The van der Waals surface area contributed by atoms with Gasteiger partial charge in [0, 0.05) is 32.2 Å². The fourth-order valence-corrected chi connectivity index (χ4v) is 4.57. The van der Waals surface area contributed by atoms with E-state index in [9.17, 15) is 0 Å². The summed E-state index contributed by atoms with van der Waals surface area (Å²) in [6, 6.07) is 0.655. The first-order chi connectivity index (χ1) is 9.29. The zero-order valence-electron chi connectivity index (χ0n) is 11.2. The molecule has 3 heterocycles. The minimum absolute atomic E-state index is 0.655. The van der Waals surface area contributed by atoms with Crippen LogP contribution in [-0.4, -0.2) is 61.0 Å². The molecule has 2 aliphatic rings. The second-order valence-electron chi connectivity index (χ2n) is 4.94. The zero-order chi connectivity index (χ0) is 13.2. The fourth-order valence-electron chi connectivity index (χ4n) is 2.85. The summed E-state index contributed by atoms with van der Waals surface area (Å²) in [7, 11) is 0. The molecule has 3 rings (SSSR count). The second kappa shape index (κ2) is 5.87. The molecule has 0 bridgehead atoms. The molecule has 5 nitrogen and oxygen atoms in total. The standard InChI is InChI=1S/C12H20N4OS2/c1-18-10-11(13)14-19-12(10)16-3-2-9(8-16)15-4-6-17-7-5-15/h9H,2-8H2,1H3,(H2,13,14). The smallest absolute Gasteiger partial charge is 0.153 e. The Bertz CT molecular complexity index is 433. The Morgan fingerprint density at radius 2 is 2.16 bits per heavy atom. The third kappa shape index (κ3) is 2.69. The van der Waals surface area contributed by atoms with E-state index in [1.165, 1.54) is 23.0 Å². The van der Waals surface area contributed by atoms with Crippen molar-refractivity contribution >= 4 is 34.1 Å². The van der Waals surface area contributed by atoms with E-state index in [1.807, 2.05) is 0 Å². The molecular formula is C12H20N4OS2. The lowest BCUT2D eigenvalue weighted by Crippen LogP contribution is -2.44. The Morgan fingerprint density at radius 1 is 1.37 bits per heavy atom. The van der Waals surface area contributed by atoms with E-state index in [-0.39, 0.29) is 0 Å². The summed E-state index contributed by atoms with van der Waals surface area (Å²) in [5.41, 5.74) is 5.92. The summed E-state index contributed by atoms with van der Waals surface area (Å²) in [6.07, 6.45) is 3.30. The maximum atomic E-state index is 5.92. The summed E-state index contributed by atoms with van der Waals surface area (Å²) in [5.74, 6) is 0.683. The van der Waals surface area contributed by atoms with Crippen molar-refractivity contribution in [3.8, 4) is 0 Å². The number of nitrogens with two attached hydrogens (primary N) is 1. The van der Waals surface area contributed by atoms with Crippen molar-refractivity contribution in [2.75, 3.05) is 56.3 Å². The van der Waals surface area contributed by atoms with Gasteiger partial charge in [0.05, 0.1) is 18.1 Å². The topological polar surface area (TPSA) is 54.6 Å². The van der Waals surface area contributed by atoms with Gasteiger partial charge in [0.25, 0.3) is 0 Å². The molecule has 2 saturated heterocycles. The highest BCUT2D eigenvalue weighted by Crippen LogP contribution is 2.39. The number of morpholine rings is 1. The third-order valence-corrected chi connectivity index (χ3v) is 5.74. The van der Waals surface area contributed by atoms with Gasteiger partial charge in [-0.3, -0.25) is 4.90 Å². The quantitative estimate of drug-likeness (QED) is 0.851. The lowest BCUT2D eigenvalue weighted by molar-refractivity contribution is 0.0209. The first kappa shape index (κ1) is 13.5. The number of thioether (sulfide) groups is 1. The molecule has 0 amide bonds. The van der Waals surface area contributed by atoms with E-state index >= 15 is 0 Å². The van der Waals surface area contributed by atoms with Gasteiger partial charge in [0.2, 0.25) is 0 Å². The highest BCUT2D eigenvalue weighted by molar-refractivity contribution is 7.99. The van der Waals surface area contributed by atoms with Crippen LogP contribution in [0.3, 0.4) is 0 Å². The summed E-state index contributed by atoms with van der Waals surface area (Å²) < 4.78 is 9.72. The predicted molar refractivity (Wildman–Crippen MR) is 81.3 cm³/mol. The maximum Gasteiger partial charge on any atom is 0.153 e. The van der Waals surface area contributed by atoms with E-state index in [0.717, 1.165) is 44.3 Å². The molecule has 0 saturated carbocycles. The predicted octanol–water partition coefficient (Wildman–Crippen LogP) is 1.36. The van der Waals surface area contributed by atoms with Crippen LogP contribution in [0.25, 0.3) is 0 Å². The van der Waals surface area contributed by atoms with E-state index in [4.69, 9.17) is 10.5 Å². The number of aromatic nitrogens is 1. The van der Waals surface area contributed by atoms with Crippen molar-refractivity contribution in [2.24, 2.45) is 0 Å². The van der Waals surface area contributed by atoms with Gasteiger partial charge in [-0.2, -0.15) is 4.37 Å². The molecule has 0 aliphatic carbocycles. The van der Waals surface area contributed by atoms with Gasteiger partial charge in [-0.15, -0.1) is 11.8 Å². The van der Waals surface area contributed by atoms with Gasteiger partial charge in [-0.05, 0) is 24.2 Å². The number of hydrogen-bond donors (Lipinski definition) is 1. The van der Waals surface area contributed by atoms with Crippen molar-refractivity contribution in [1.82, 2.24) is 9.27 Å². The Morgan fingerprint density at radius 3 is 2.89 bits per heavy atom. The number of hydrogen-bond acceptors (Lipinski definition) is 7.